The molecule has 1 amide bonds. The third-order valence-corrected chi connectivity index (χ3v) is 2.42. The molecule has 0 aromatic heterocycles. The topological polar surface area (TPSA) is 20.3 Å². The van der Waals surface area contributed by atoms with Crippen molar-refractivity contribution in [3.8, 4) is 0 Å². The Bertz CT molecular complexity index is 368. The van der Waals surface area contributed by atoms with Gasteiger partial charge in [-0.15, -0.1) is 11.6 Å². The Labute approximate surface area is 93.6 Å². The number of carbonyl (C=O) groups is 1. The summed E-state index contributed by atoms with van der Waals surface area (Å²) < 4.78 is 13.2. The first-order chi connectivity index (χ1) is 7.04. The van der Waals surface area contributed by atoms with Crippen LogP contribution in [-0.4, -0.2) is 23.7 Å². The number of benzene rings is 1. The zero-order valence-electron chi connectivity index (χ0n) is 8.76. The molecule has 15 heavy (non-hydrogen) atoms. The number of hydrogen-bond donors (Lipinski definition) is 0. The third kappa shape index (κ3) is 3.20. The van der Waals surface area contributed by atoms with Crippen molar-refractivity contribution in [2.45, 2.75) is 13.5 Å². The Morgan fingerprint density at radius 3 is 2.73 bits per heavy atom. The van der Waals surface area contributed by atoms with Gasteiger partial charge in [0.25, 0.3) is 0 Å². The van der Waals surface area contributed by atoms with E-state index in [4.69, 9.17) is 11.6 Å². The minimum Gasteiger partial charge on any atom is -0.340 e. The van der Waals surface area contributed by atoms with Gasteiger partial charge in [0.05, 0.1) is 0 Å². The zero-order chi connectivity index (χ0) is 11.4. The lowest BCUT2D eigenvalue weighted by molar-refractivity contribution is -0.127. The summed E-state index contributed by atoms with van der Waals surface area (Å²) in [5.74, 6) is -0.470. The number of hydrogen-bond acceptors (Lipinski definition) is 1. The van der Waals surface area contributed by atoms with Crippen LogP contribution in [-0.2, 0) is 11.3 Å². The molecule has 0 unspecified atom stereocenters. The standard InChI is InChI=1S/C11H13ClFNO/c1-8-3-4-9(5-10(8)13)7-14(2)11(15)6-12/h3-5H,6-7H2,1-2H3. The molecular formula is C11H13ClFNO. The molecule has 82 valence electrons. The van der Waals surface area contributed by atoms with Gasteiger partial charge in [-0.1, -0.05) is 12.1 Å². The van der Waals surface area contributed by atoms with E-state index in [0.29, 0.717) is 12.1 Å². The summed E-state index contributed by atoms with van der Waals surface area (Å²) in [4.78, 5) is 12.6. The van der Waals surface area contributed by atoms with Gasteiger partial charge in [-0.3, -0.25) is 4.79 Å². The normalized spacial score (nSPS) is 10.1. The highest BCUT2D eigenvalue weighted by molar-refractivity contribution is 6.27. The van der Waals surface area contributed by atoms with Gasteiger partial charge in [0, 0.05) is 13.6 Å². The van der Waals surface area contributed by atoms with Crippen LogP contribution in [0.25, 0.3) is 0 Å². The summed E-state index contributed by atoms with van der Waals surface area (Å²) in [6.07, 6.45) is 0. The summed E-state index contributed by atoms with van der Waals surface area (Å²) >= 11 is 5.40. The molecule has 0 fully saturated rings. The van der Waals surface area contributed by atoms with E-state index >= 15 is 0 Å². The first-order valence-electron chi connectivity index (χ1n) is 4.59. The van der Waals surface area contributed by atoms with Crippen molar-refractivity contribution in [2.24, 2.45) is 0 Å². The molecule has 0 radical (unpaired) electrons. The van der Waals surface area contributed by atoms with Gasteiger partial charge >= 0.3 is 0 Å². The number of aryl methyl sites for hydroxylation is 1. The van der Waals surface area contributed by atoms with Crippen LogP contribution in [0.3, 0.4) is 0 Å². The lowest BCUT2D eigenvalue weighted by Crippen LogP contribution is -2.27. The zero-order valence-corrected chi connectivity index (χ0v) is 9.51. The van der Waals surface area contributed by atoms with Crippen LogP contribution < -0.4 is 0 Å². The van der Waals surface area contributed by atoms with Gasteiger partial charge in [0.1, 0.15) is 11.7 Å². The van der Waals surface area contributed by atoms with E-state index in [0.717, 1.165) is 5.56 Å². The van der Waals surface area contributed by atoms with Crippen molar-refractivity contribution in [1.82, 2.24) is 4.90 Å². The second-order valence-electron chi connectivity index (χ2n) is 3.47. The van der Waals surface area contributed by atoms with Crippen LogP contribution in [0.5, 0.6) is 0 Å². The number of halogens is 2. The van der Waals surface area contributed by atoms with Gasteiger partial charge in [0.2, 0.25) is 5.91 Å². The minimum atomic E-state index is -0.251. The van der Waals surface area contributed by atoms with Gasteiger partial charge in [0.15, 0.2) is 0 Å². The molecule has 0 aliphatic heterocycles. The van der Waals surface area contributed by atoms with E-state index < -0.39 is 0 Å². The average molecular weight is 230 g/mol. The highest BCUT2D eigenvalue weighted by atomic mass is 35.5. The maximum absolute atomic E-state index is 13.2. The summed E-state index contributed by atoms with van der Waals surface area (Å²) in [6, 6.07) is 4.94. The van der Waals surface area contributed by atoms with Crippen molar-refractivity contribution >= 4 is 17.5 Å². The van der Waals surface area contributed by atoms with E-state index in [9.17, 15) is 9.18 Å². The SMILES string of the molecule is Cc1ccc(CN(C)C(=O)CCl)cc1F. The van der Waals surface area contributed by atoms with Crippen molar-refractivity contribution in [1.29, 1.82) is 0 Å². The summed E-state index contributed by atoms with van der Waals surface area (Å²) in [5, 5.41) is 0. The van der Waals surface area contributed by atoms with Crippen LogP contribution >= 0.6 is 11.6 Å². The van der Waals surface area contributed by atoms with Crippen LogP contribution in [0.4, 0.5) is 4.39 Å². The highest BCUT2D eigenvalue weighted by Crippen LogP contribution is 2.10. The lowest BCUT2D eigenvalue weighted by atomic mass is 10.1. The first kappa shape index (κ1) is 12.0. The van der Waals surface area contributed by atoms with E-state index in [2.05, 4.69) is 0 Å². The number of amides is 1. The van der Waals surface area contributed by atoms with E-state index in [1.165, 1.54) is 11.0 Å². The fourth-order valence-electron chi connectivity index (χ4n) is 1.20. The monoisotopic (exact) mass is 229 g/mol. The van der Waals surface area contributed by atoms with Crippen LogP contribution in [0, 0.1) is 12.7 Å². The highest BCUT2D eigenvalue weighted by Gasteiger charge is 2.08. The van der Waals surface area contributed by atoms with E-state index in [-0.39, 0.29) is 17.6 Å². The van der Waals surface area contributed by atoms with Crippen molar-refractivity contribution in [2.75, 3.05) is 12.9 Å². The quantitative estimate of drug-likeness (QED) is 0.729. The Kier molecular flexibility index (Phi) is 4.09. The lowest BCUT2D eigenvalue weighted by Gasteiger charge is -2.15. The van der Waals surface area contributed by atoms with Crippen LogP contribution in [0.1, 0.15) is 11.1 Å². The predicted octanol–water partition coefficient (Wildman–Crippen LogP) is 2.33. The second-order valence-corrected chi connectivity index (χ2v) is 3.73. The first-order valence-corrected chi connectivity index (χ1v) is 5.13. The summed E-state index contributed by atoms with van der Waals surface area (Å²) in [6.45, 7) is 2.08. The molecule has 0 saturated carbocycles. The Morgan fingerprint density at radius 2 is 2.20 bits per heavy atom. The predicted molar refractivity (Wildman–Crippen MR) is 58.3 cm³/mol. The van der Waals surface area contributed by atoms with Gasteiger partial charge in [-0.05, 0) is 24.1 Å². The second kappa shape index (κ2) is 5.12. The fourth-order valence-corrected chi connectivity index (χ4v) is 1.40. The number of carbonyl (C=O) groups excluding carboxylic acids is 1. The molecule has 0 saturated heterocycles. The molecule has 2 nitrogen and oxygen atoms in total. The Balaban J connectivity index is 2.73. The number of rotatable bonds is 3. The Morgan fingerprint density at radius 1 is 1.53 bits per heavy atom. The third-order valence-electron chi connectivity index (χ3n) is 2.20. The average Bonchev–Trinajstić information content (AvgIpc) is 2.22. The largest absolute Gasteiger partial charge is 0.340 e. The van der Waals surface area contributed by atoms with Crippen LogP contribution in [0.15, 0.2) is 18.2 Å². The molecule has 0 aliphatic carbocycles. The number of nitrogens with zero attached hydrogens (tertiary/aromatic N) is 1. The molecule has 0 spiro atoms. The van der Waals surface area contributed by atoms with E-state index in [1.807, 2.05) is 0 Å². The molecule has 1 aromatic carbocycles. The molecular weight excluding hydrogens is 217 g/mol. The fraction of sp³-hybridized carbons (Fsp3) is 0.364. The molecule has 0 bridgehead atoms. The molecule has 1 aromatic rings. The summed E-state index contributed by atoms with van der Waals surface area (Å²) in [7, 11) is 1.64. The molecule has 0 aliphatic rings. The van der Waals surface area contributed by atoms with E-state index in [1.54, 1.807) is 26.1 Å². The van der Waals surface area contributed by atoms with Crippen molar-refractivity contribution < 1.29 is 9.18 Å². The molecule has 0 atom stereocenters. The van der Waals surface area contributed by atoms with Gasteiger partial charge in [-0.25, -0.2) is 4.39 Å². The number of alkyl halides is 1. The molecule has 0 N–H and O–H groups in total. The van der Waals surface area contributed by atoms with Crippen molar-refractivity contribution in [3.05, 3.63) is 35.1 Å². The maximum Gasteiger partial charge on any atom is 0.237 e. The molecule has 4 heteroatoms. The Hall–Kier alpha value is -1.09. The van der Waals surface area contributed by atoms with Crippen molar-refractivity contribution in [3.63, 3.8) is 0 Å². The summed E-state index contributed by atoms with van der Waals surface area (Å²) in [5.41, 5.74) is 1.36. The smallest absolute Gasteiger partial charge is 0.237 e. The molecule has 1 rings (SSSR count). The van der Waals surface area contributed by atoms with Gasteiger partial charge in [-0.2, -0.15) is 0 Å². The molecule has 0 heterocycles. The van der Waals surface area contributed by atoms with Crippen LogP contribution in [0.2, 0.25) is 0 Å². The maximum atomic E-state index is 13.2. The minimum absolute atomic E-state index is 0.0508. The van der Waals surface area contributed by atoms with Gasteiger partial charge < -0.3 is 4.90 Å².